The largest absolute Gasteiger partial charge is 0.466 e. The molecule has 0 bridgehead atoms. The Morgan fingerprint density at radius 1 is 1.00 bits per heavy atom. The predicted molar refractivity (Wildman–Crippen MR) is 107 cm³/mol. The molecular formula is C22H26N2O4. The number of anilines is 1. The minimum absolute atomic E-state index is 0.0342. The van der Waals surface area contributed by atoms with Crippen molar-refractivity contribution in [3.8, 4) is 11.5 Å². The molecule has 2 aromatic carbocycles. The van der Waals surface area contributed by atoms with Crippen LogP contribution in [0.3, 0.4) is 0 Å². The zero-order valence-corrected chi connectivity index (χ0v) is 16.1. The molecular weight excluding hydrogens is 356 g/mol. The van der Waals surface area contributed by atoms with Crippen LogP contribution in [0.15, 0.2) is 54.6 Å². The van der Waals surface area contributed by atoms with Gasteiger partial charge in [-0.2, -0.15) is 0 Å². The summed E-state index contributed by atoms with van der Waals surface area (Å²) in [6.07, 6.45) is 1.33. The Hall–Kier alpha value is -3.02. The van der Waals surface area contributed by atoms with Gasteiger partial charge in [0, 0.05) is 18.8 Å². The van der Waals surface area contributed by atoms with Crippen molar-refractivity contribution in [2.24, 2.45) is 5.92 Å². The number of nitrogens with one attached hydrogen (secondary N) is 1. The van der Waals surface area contributed by atoms with Crippen molar-refractivity contribution in [2.75, 3.05) is 31.6 Å². The number of hydrogen-bond donors (Lipinski definition) is 1. The van der Waals surface area contributed by atoms with Crippen molar-refractivity contribution in [3.63, 3.8) is 0 Å². The van der Waals surface area contributed by atoms with Gasteiger partial charge in [-0.25, -0.2) is 0 Å². The van der Waals surface area contributed by atoms with E-state index in [9.17, 15) is 9.59 Å². The highest BCUT2D eigenvalue weighted by Gasteiger charge is 2.27. The number of carbonyl (C=O) groups is 2. The number of carbonyl (C=O) groups excluding carboxylic acids is 2. The summed E-state index contributed by atoms with van der Waals surface area (Å²) in [6.45, 7) is 3.62. The van der Waals surface area contributed by atoms with Gasteiger partial charge >= 0.3 is 5.97 Å². The van der Waals surface area contributed by atoms with E-state index in [4.69, 9.17) is 9.47 Å². The molecule has 0 saturated carbocycles. The summed E-state index contributed by atoms with van der Waals surface area (Å²) in [5.74, 6) is 1.32. The van der Waals surface area contributed by atoms with Crippen LogP contribution < -0.4 is 10.1 Å². The number of esters is 1. The minimum Gasteiger partial charge on any atom is -0.466 e. The third kappa shape index (κ3) is 5.49. The van der Waals surface area contributed by atoms with E-state index in [0.29, 0.717) is 32.5 Å². The second-order valence-corrected chi connectivity index (χ2v) is 6.70. The van der Waals surface area contributed by atoms with Gasteiger partial charge in [-0.05, 0) is 56.2 Å². The second kappa shape index (κ2) is 9.78. The van der Waals surface area contributed by atoms with Crippen LogP contribution in [0, 0.1) is 5.92 Å². The SMILES string of the molecule is CCOC(=O)C1CCN(C(=O)CNc2ccc(Oc3ccccc3)cc2)CC1. The molecule has 1 saturated heterocycles. The van der Waals surface area contributed by atoms with Crippen molar-refractivity contribution in [2.45, 2.75) is 19.8 Å². The zero-order valence-electron chi connectivity index (χ0n) is 16.1. The number of likely N-dealkylation sites (tertiary alicyclic amines) is 1. The molecule has 6 heteroatoms. The molecule has 0 radical (unpaired) electrons. The monoisotopic (exact) mass is 382 g/mol. The van der Waals surface area contributed by atoms with E-state index in [1.165, 1.54) is 0 Å². The van der Waals surface area contributed by atoms with Crippen LogP contribution in [0.1, 0.15) is 19.8 Å². The second-order valence-electron chi connectivity index (χ2n) is 6.70. The lowest BCUT2D eigenvalue weighted by Gasteiger charge is -2.31. The summed E-state index contributed by atoms with van der Waals surface area (Å²) in [7, 11) is 0. The van der Waals surface area contributed by atoms with Crippen LogP contribution in [0.25, 0.3) is 0 Å². The van der Waals surface area contributed by atoms with Crippen molar-refractivity contribution < 1.29 is 19.1 Å². The Balaban J connectivity index is 1.43. The van der Waals surface area contributed by atoms with E-state index >= 15 is 0 Å². The molecule has 0 spiro atoms. The van der Waals surface area contributed by atoms with E-state index < -0.39 is 0 Å². The van der Waals surface area contributed by atoms with Gasteiger partial charge in [0.15, 0.2) is 0 Å². The third-order valence-corrected chi connectivity index (χ3v) is 4.74. The van der Waals surface area contributed by atoms with Crippen LogP contribution in [0.2, 0.25) is 0 Å². The number of amides is 1. The van der Waals surface area contributed by atoms with E-state index in [0.717, 1.165) is 17.2 Å². The molecule has 28 heavy (non-hydrogen) atoms. The number of ether oxygens (including phenoxy) is 2. The highest BCUT2D eigenvalue weighted by molar-refractivity contribution is 5.81. The van der Waals surface area contributed by atoms with Crippen molar-refractivity contribution in [1.29, 1.82) is 0 Å². The maximum Gasteiger partial charge on any atom is 0.309 e. The number of piperidine rings is 1. The van der Waals surface area contributed by atoms with Gasteiger partial charge in [0.2, 0.25) is 5.91 Å². The molecule has 1 aliphatic rings. The van der Waals surface area contributed by atoms with Crippen LogP contribution in [0.5, 0.6) is 11.5 Å². The molecule has 0 unspecified atom stereocenters. The van der Waals surface area contributed by atoms with E-state index in [1.54, 1.807) is 4.90 Å². The van der Waals surface area contributed by atoms with E-state index in [2.05, 4.69) is 5.32 Å². The van der Waals surface area contributed by atoms with Gasteiger partial charge in [-0.3, -0.25) is 9.59 Å². The average molecular weight is 382 g/mol. The van der Waals surface area contributed by atoms with E-state index in [-0.39, 0.29) is 24.3 Å². The number of nitrogens with zero attached hydrogens (tertiary/aromatic N) is 1. The third-order valence-electron chi connectivity index (χ3n) is 4.74. The standard InChI is InChI=1S/C22H26N2O4/c1-2-27-22(26)17-12-14-24(15-13-17)21(25)16-23-18-8-10-20(11-9-18)28-19-6-4-3-5-7-19/h3-11,17,23H,2,12-16H2,1H3. The van der Waals surface area contributed by atoms with Gasteiger partial charge in [0.25, 0.3) is 0 Å². The average Bonchev–Trinajstić information content (AvgIpc) is 2.74. The number of para-hydroxylation sites is 1. The van der Waals surface area contributed by atoms with E-state index in [1.807, 2.05) is 61.5 Å². The van der Waals surface area contributed by atoms with Crippen LogP contribution in [0.4, 0.5) is 5.69 Å². The highest BCUT2D eigenvalue weighted by Crippen LogP contribution is 2.23. The molecule has 1 fully saturated rings. The summed E-state index contributed by atoms with van der Waals surface area (Å²) >= 11 is 0. The fraction of sp³-hybridized carbons (Fsp3) is 0.364. The lowest BCUT2D eigenvalue weighted by Crippen LogP contribution is -2.43. The Bertz CT molecular complexity index is 769. The lowest BCUT2D eigenvalue weighted by atomic mass is 9.97. The normalized spacial score (nSPS) is 14.4. The van der Waals surface area contributed by atoms with Crippen molar-refractivity contribution in [1.82, 2.24) is 4.90 Å². The van der Waals surface area contributed by atoms with Crippen molar-refractivity contribution in [3.05, 3.63) is 54.6 Å². The van der Waals surface area contributed by atoms with Gasteiger partial charge in [-0.1, -0.05) is 18.2 Å². The van der Waals surface area contributed by atoms with Gasteiger partial charge < -0.3 is 19.7 Å². The molecule has 0 aromatic heterocycles. The molecule has 6 nitrogen and oxygen atoms in total. The fourth-order valence-corrected chi connectivity index (χ4v) is 3.18. The quantitative estimate of drug-likeness (QED) is 0.740. The lowest BCUT2D eigenvalue weighted by molar-refractivity contribution is -0.151. The molecule has 3 rings (SSSR count). The fourth-order valence-electron chi connectivity index (χ4n) is 3.18. The Morgan fingerprint density at radius 3 is 2.29 bits per heavy atom. The maximum absolute atomic E-state index is 12.4. The first-order chi connectivity index (χ1) is 13.7. The topological polar surface area (TPSA) is 67.9 Å². The molecule has 1 aliphatic heterocycles. The Labute approximate surface area is 165 Å². The number of hydrogen-bond acceptors (Lipinski definition) is 5. The summed E-state index contributed by atoms with van der Waals surface area (Å²) in [4.78, 5) is 26.0. The van der Waals surface area contributed by atoms with Crippen LogP contribution in [-0.4, -0.2) is 43.0 Å². The molecule has 0 aliphatic carbocycles. The van der Waals surface area contributed by atoms with Gasteiger partial charge in [-0.15, -0.1) is 0 Å². The van der Waals surface area contributed by atoms with Gasteiger partial charge in [0.1, 0.15) is 11.5 Å². The summed E-state index contributed by atoms with van der Waals surface area (Å²) in [6, 6.07) is 17.1. The summed E-state index contributed by atoms with van der Waals surface area (Å²) in [5, 5.41) is 3.15. The first-order valence-corrected chi connectivity index (χ1v) is 9.67. The predicted octanol–water partition coefficient (Wildman–Crippen LogP) is 3.69. The minimum atomic E-state index is -0.148. The Morgan fingerprint density at radius 2 is 1.64 bits per heavy atom. The van der Waals surface area contributed by atoms with Crippen LogP contribution in [-0.2, 0) is 14.3 Å². The maximum atomic E-state index is 12.4. The number of rotatable bonds is 7. The summed E-state index contributed by atoms with van der Waals surface area (Å²) < 4.78 is 10.8. The molecule has 1 amide bonds. The van der Waals surface area contributed by atoms with Gasteiger partial charge in [0.05, 0.1) is 19.1 Å². The first kappa shape index (κ1) is 19.7. The highest BCUT2D eigenvalue weighted by atomic mass is 16.5. The Kier molecular flexibility index (Phi) is 6.89. The molecule has 0 atom stereocenters. The first-order valence-electron chi connectivity index (χ1n) is 9.67. The van der Waals surface area contributed by atoms with Crippen molar-refractivity contribution >= 4 is 17.6 Å². The summed E-state index contributed by atoms with van der Waals surface area (Å²) in [5.41, 5.74) is 0.857. The zero-order chi connectivity index (χ0) is 19.8. The molecule has 1 heterocycles. The molecule has 2 aromatic rings. The smallest absolute Gasteiger partial charge is 0.309 e. The number of benzene rings is 2. The molecule has 1 N–H and O–H groups in total. The molecule has 148 valence electrons. The van der Waals surface area contributed by atoms with Crippen LogP contribution >= 0.6 is 0 Å².